The molecule has 1 rings (SSSR count). The van der Waals surface area contributed by atoms with Crippen LogP contribution >= 0.6 is 0 Å². The Hall–Kier alpha value is 0.137. The summed E-state index contributed by atoms with van der Waals surface area (Å²) in [5.74, 6) is 0.606. The minimum atomic E-state index is 0.0283. The second-order valence-corrected chi connectivity index (χ2v) is 6.08. The molecule has 2 nitrogen and oxygen atoms in total. The topological polar surface area (TPSA) is 18.5 Å². The lowest BCUT2D eigenvalue weighted by atomic mass is 10.0. The molecule has 0 aliphatic carbocycles. The maximum absolute atomic E-state index is 5.27. The van der Waals surface area contributed by atoms with E-state index in [4.69, 9.17) is 9.47 Å². The number of rotatable bonds is 4. The molecule has 0 bridgehead atoms. The van der Waals surface area contributed by atoms with Crippen LogP contribution in [0.3, 0.4) is 0 Å². The summed E-state index contributed by atoms with van der Waals surface area (Å²) >= 11 is 0. The first-order valence-corrected chi connectivity index (χ1v) is 6.66. The third-order valence-electron chi connectivity index (χ3n) is 3.04. The first kappa shape index (κ1) is 10.2. The molecule has 0 aromatic heterocycles. The van der Waals surface area contributed by atoms with Crippen molar-refractivity contribution >= 4 is 9.52 Å². The van der Waals surface area contributed by atoms with Gasteiger partial charge in [0, 0.05) is 29.7 Å². The van der Waals surface area contributed by atoms with Crippen LogP contribution in [0.15, 0.2) is 0 Å². The van der Waals surface area contributed by atoms with E-state index in [1.807, 2.05) is 0 Å². The van der Waals surface area contributed by atoms with Crippen molar-refractivity contribution in [3.63, 3.8) is 0 Å². The van der Waals surface area contributed by atoms with Crippen LogP contribution in [-0.2, 0) is 9.47 Å². The molecule has 1 fully saturated rings. The Labute approximate surface area is 77.5 Å². The fourth-order valence-corrected chi connectivity index (χ4v) is 4.66. The summed E-state index contributed by atoms with van der Waals surface area (Å²) in [6, 6.07) is 1.52. The second kappa shape index (κ2) is 4.99. The van der Waals surface area contributed by atoms with Crippen LogP contribution in [0.2, 0.25) is 11.6 Å². The van der Waals surface area contributed by atoms with Gasteiger partial charge < -0.3 is 9.47 Å². The molecule has 0 aromatic rings. The zero-order valence-corrected chi connectivity index (χ0v) is 9.79. The summed E-state index contributed by atoms with van der Waals surface area (Å²) in [6.45, 7) is 2.26. The van der Waals surface area contributed by atoms with E-state index in [9.17, 15) is 0 Å². The SMILES string of the molecule is COC(OC)C(C)C1CCC[SiH2]1. The predicted octanol–water partition coefficient (Wildman–Crippen LogP) is 1.41. The molecular formula is C9H20O2Si. The number of hydrogen-bond donors (Lipinski definition) is 0. The Bertz CT molecular complexity index is 118. The van der Waals surface area contributed by atoms with Gasteiger partial charge in [0.25, 0.3) is 0 Å². The number of hydrogen-bond acceptors (Lipinski definition) is 2. The lowest BCUT2D eigenvalue weighted by Gasteiger charge is -2.25. The highest BCUT2D eigenvalue weighted by molar-refractivity contribution is 6.38. The molecular weight excluding hydrogens is 168 g/mol. The van der Waals surface area contributed by atoms with Crippen molar-refractivity contribution in [2.45, 2.75) is 37.6 Å². The third kappa shape index (κ3) is 2.31. The van der Waals surface area contributed by atoms with Gasteiger partial charge in [0.2, 0.25) is 0 Å². The molecule has 3 heteroatoms. The Balaban J connectivity index is 2.37. The summed E-state index contributed by atoms with van der Waals surface area (Å²) in [5, 5.41) is 0. The van der Waals surface area contributed by atoms with Crippen LogP contribution in [0.4, 0.5) is 0 Å². The van der Waals surface area contributed by atoms with Crippen molar-refractivity contribution in [2.75, 3.05) is 14.2 Å². The van der Waals surface area contributed by atoms with Crippen molar-refractivity contribution in [2.24, 2.45) is 5.92 Å². The zero-order chi connectivity index (χ0) is 8.97. The molecule has 1 saturated heterocycles. The van der Waals surface area contributed by atoms with Crippen LogP contribution in [0, 0.1) is 5.92 Å². The van der Waals surface area contributed by atoms with Crippen LogP contribution in [0.25, 0.3) is 0 Å². The molecule has 0 radical (unpaired) electrons. The van der Waals surface area contributed by atoms with Crippen LogP contribution < -0.4 is 0 Å². The Morgan fingerprint density at radius 2 is 2.00 bits per heavy atom. The van der Waals surface area contributed by atoms with E-state index in [2.05, 4.69) is 6.92 Å². The van der Waals surface area contributed by atoms with E-state index < -0.39 is 0 Å². The van der Waals surface area contributed by atoms with E-state index >= 15 is 0 Å². The van der Waals surface area contributed by atoms with Gasteiger partial charge in [-0.15, -0.1) is 0 Å². The number of methoxy groups -OCH3 is 2. The molecule has 0 amide bonds. The lowest BCUT2D eigenvalue weighted by Crippen LogP contribution is -2.26. The molecule has 1 heterocycles. The molecule has 1 aliphatic rings. The molecule has 72 valence electrons. The van der Waals surface area contributed by atoms with E-state index in [-0.39, 0.29) is 15.8 Å². The monoisotopic (exact) mass is 188 g/mol. The van der Waals surface area contributed by atoms with Gasteiger partial charge in [0.1, 0.15) is 0 Å². The summed E-state index contributed by atoms with van der Waals surface area (Å²) < 4.78 is 10.5. The van der Waals surface area contributed by atoms with Crippen LogP contribution in [-0.4, -0.2) is 30.0 Å². The highest BCUT2D eigenvalue weighted by atomic mass is 28.2. The third-order valence-corrected chi connectivity index (χ3v) is 5.84. The van der Waals surface area contributed by atoms with Gasteiger partial charge in [-0.25, -0.2) is 0 Å². The first-order chi connectivity index (χ1) is 5.79. The Morgan fingerprint density at radius 1 is 1.33 bits per heavy atom. The Morgan fingerprint density at radius 3 is 2.42 bits per heavy atom. The molecule has 0 aromatic carbocycles. The summed E-state index contributed by atoms with van der Waals surface area (Å²) in [6.07, 6.45) is 2.89. The molecule has 1 aliphatic heterocycles. The standard InChI is InChI=1S/C9H20O2Si/c1-7(9(10-2)11-3)8-5-4-6-12-8/h7-9H,4-6,12H2,1-3H3. The maximum atomic E-state index is 5.27. The molecule has 2 atom stereocenters. The van der Waals surface area contributed by atoms with Crippen molar-refractivity contribution in [3.05, 3.63) is 0 Å². The quantitative estimate of drug-likeness (QED) is 0.490. The van der Waals surface area contributed by atoms with Crippen LogP contribution in [0.1, 0.15) is 19.8 Å². The second-order valence-electron chi connectivity index (χ2n) is 3.74. The van der Waals surface area contributed by atoms with Gasteiger partial charge >= 0.3 is 0 Å². The molecule has 0 saturated carbocycles. The van der Waals surface area contributed by atoms with Gasteiger partial charge in [0.15, 0.2) is 6.29 Å². The summed E-state index contributed by atoms with van der Waals surface area (Å²) in [7, 11) is 3.66. The van der Waals surface area contributed by atoms with Gasteiger partial charge in [-0.1, -0.05) is 25.8 Å². The van der Waals surface area contributed by atoms with Gasteiger partial charge in [-0.05, 0) is 5.54 Å². The minimum Gasteiger partial charge on any atom is -0.356 e. The van der Waals surface area contributed by atoms with Gasteiger partial charge in [-0.2, -0.15) is 0 Å². The average Bonchev–Trinajstić information content (AvgIpc) is 2.58. The van der Waals surface area contributed by atoms with Crippen molar-refractivity contribution in [1.29, 1.82) is 0 Å². The molecule has 2 unspecified atom stereocenters. The van der Waals surface area contributed by atoms with Crippen LogP contribution in [0.5, 0.6) is 0 Å². The van der Waals surface area contributed by atoms with Crippen molar-refractivity contribution in [3.8, 4) is 0 Å². The summed E-state index contributed by atoms with van der Waals surface area (Å²) in [4.78, 5) is 0. The molecule has 0 spiro atoms. The van der Waals surface area contributed by atoms with E-state index in [0.717, 1.165) is 5.54 Å². The van der Waals surface area contributed by atoms with Crippen molar-refractivity contribution < 1.29 is 9.47 Å². The number of ether oxygens (including phenoxy) is 2. The summed E-state index contributed by atoms with van der Waals surface area (Å²) in [5.41, 5.74) is 0.954. The van der Waals surface area contributed by atoms with E-state index in [1.54, 1.807) is 14.2 Å². The van der Waals surface area contributed by atoms with Gasteiger partial charge in [-0.3, -0.25) is 0 Å². The largest absolute Gasteiger partial charge is 0.356 e. The molecule has 0 N–H and O–H groups in total. The van der Waals surface area contributed by atoms with E-state index in [0.29, 0.717) is 5.92 Å². The highest BCUT2D eigenvalue weighted by Gasteiger charge is 2.28. The lowest BCUT2D eigenvalue weighted by molar-refractivity contribution is -0.134. The highest BCUT2D eigenvalue weighted by Crippen LogP contribution is 2.33. The predicted molar refractivity (Wildman–Crippen MR) is 53.3 cm³/mol. The molecule has 12 heavy (non-hydrogen) atoms. The van der Waals surface area contributed by atoms with Gasteiger partial charge in [0.05, 0.1) is 0 Å². The zero-order valence-electron chi connectivity index (χ0n) is 8.38. The maximum Gasteiger partial charge on any atom is 0.159 e. The minimum absolute atomic E-state index is 0.0283. The van der Waals surface area contributed by atoms with E-state index in [1.165, 1.54) is 18.9 Å². The fourth-order valence-electron chi connectivity index (χ4n) is 2.23. The van der Waals surface area contributed by atoms with Crippen molar-refractivity contribution in [1.82, 2.24) is 0 Å². The smallest absolute Gasteiger partial charge is 0.159 e. The first-order valence-electron chi connectivity index (χ1n) is 4.85. The Kier molecular flexibility index (Phi) is 4.25. The fraction of sp³-hybridized carbons (Fsp3) is 1.00. The average molecular weight is 188 g/mol. The normalized spacial score (nSPS) is 28.5.